The van der Waals surface area contributed by atoms with Crippen molar-refractivity contribution in [3.63, 3.8) is 0 Å². The van der Waals surface area contributed by atoms with Crippen molar-refractivity contribution in [1.82, 2.24) is 4.98 Å². The highest BCUT2D eigenvalue weighted by atomic mass is 16.5. The van der Waals surface area contributed by atoms with Crippen molar-refractivity contribution in [1.29, 1.82) is 0 Å². The summed E-state index contributed by atoms with van der Waals surface area (Å²) in [5, 5.41) is 3.60. The predicted octanol–water partition coefficient (Wildman–Crippen LogP) is 3.36. The van der Waals surface area contributed by atoms with Crippen LogP contribution in [0.4, 0.5) is 5.69 Å². The smallest absolute Gasteiger partial charge is 0.355 e. The Morgan fingerprint density at radius 3 is 2.56 bits per heavy atom. The van der Waals surface area contributed by atoms with Crippen molar-refractivity contribution in [2.75, 3.05) is 12.4 Å². The zero-order valence-electron chi connectivity index (χ0n) is 13.9. The number of ether oxygens (including phenoxy) is 2. The number of hydrogen-bond donors (Lipinski definition) is 2. The summed E-state index contributed by atoms with van der Waals surface area (Å²) in [6.07, 6.45) is -0.955. The highest BCUT2D eigenvalue weighted by Gasteiger charge is 2.21. The summed E-state index contributed by atoms with van der Waals surface area (Å²) >= 11 is 0. The van der Waals surface area contributed by atoms with Crippen LogP contribution in [-0.4, -0.2) is 30.1 Å². The van der Waals surface area contributed by atoms with E-state index in [4.69, 9.17) is 9.47 Å². The molecule has 0 aliphatic heterocycles. The van der Waals surface area contributed by atoms with E-state index in [-0.39, 0.29) is 0 Å². The number of hydrogen-bond acceptors (Lipinski definition) is 4. The molecule has 0 spiro atoms. The second-order valence-corrected chi connectivity index (χ2v) is 5.51. The SMILES string of the molecule is COc1ccccc1NC(=O)[C@H](C)OC(=O)c1cc2ccccc2[nH]1. The third kappa shape index (κ3) is 3.63. The summed E-state index contributed by atoms with van der Waals surface area (Å²) in [6, 6.07) is 16.2. The number of H-pyrrole nitrogens is 1. The molecule has 0 aliphatic carbocycles. The maximum absolute atomic E-state index is 12.3. The van der Waals surface area contributed by atoms with E-state index in [9.17, 15) is 9.59 Å². The maximum atomic E-state index is 12.3. The minimum atomic E-state index is -0.955. The van der Waals surface area contributed by atoms with Gasteiger partial charge in [0.15, 0.2) is 6.10 Å². The summed E-state index contributed by atoms with van der Waals surface area (Å²) in [4.78, 5) is 27.5. The first-order chi connectivity index (χ1) is 12.1. The average molecular weight is 338 g/mol. The summed E-state index contributed by atoms with van der Waals surface area (Å²) in [7, 11) is 1.52. The fourth-order valence-corrected chi connectivity index (χ4v) is 2.44. The fraction of sp³-hybridized carbons (Fsp3) is 0.158. The molecule has 0 radical (unpaired) electrons. The lowest BCUT2D eigenvalue weighted by Crippen LogP contribution is -2.30. The van der Waals surface area contributed by atoms with Crippen LogP contribution in [0.25, 0.3) is 10.9 Å². The standard InChI is InChI=1S/C19H18N2O4/c1-12(18(22)21-15-9-5-6-10-17(15)24-2)25-19(23)16-11-13-7-3-4-8-14(13)20-16/h3-12,20H,1-2H3,(H,21,22)/t12-/m0/s1. The third-order valence-electron chi connectivity index (χ3n) is 3.77. The van der Waals surface area contributed by atoms with Gasteiger partial charge in [0.1, 0.15) is 11.4 Å². The van der Waals surface area contributed by atoms with E-state index in [1.165, 1.54) is 14.0 Å². The van der Waals surface area contributed by atoms with Crippen molar-refractivity contribution in [3.8, 4) is 5.75 Å². The quantitative estimate of drug-likeness (QED) is 0.699. The number of methoxy groups -OCH3 is 1. The molecule has 1 heterocycles. The highest BCUT2D eigenvalue weighted by Crippen LogP contribution is 2.23. The van der Waals surface area contributed by atoms with Gasteiger partial charge in [-0.15, -0.1) is 0 Å². The van der Waals surface area contributed by atoms with Crippen LogP contribution in [0.3, 0.4) is 0 Å². The van der Waals surface area contributed by atoms with Crippen LogP contribution in [0.1, 0.15) is 17.4 Å². The van der Waals surface area contributed by atoms with Gasteiger partial charge in [0, 0.05) is 10.9 Å². The number of fused-ring (bicyclic) bond motifs is 1. The Bertz CT molecular complexity index is 883. The molecule has 25 heavy (non-hydrogen) atoms. The van der Waals surface area contributed by atoms with Crippen LogP contribution in [-0.2, 0) is 9.53 Å². The molecule has 3 aromatic rings. The molecule has 1 atom stereocenters. The number of carbonyl (C=O) groups is 2. The van der Waals surface area contributed by atoms with Gasteiger partial charge in [-0.25, -0.2) is 4.79 Å². The highest BCUT2D eigenvalue weighted by molar-refractivity contribution is 5.99. The zero-order valence-corrected chi connectivity index (χ0v) is 13.9. The molecule has 0 saturated heterocycles. The largest absolute Gasteiger partial charge is 0.495 e. The van der Waals surface area contributed by atoms with Crippen LogP contribution >= 0.6 is 0 Å². The molecule has 1 aromatic heterocycles. The van der Waals surface area contributed by atoms with Gasteiger partial charge in [-0.3, -0.25) is 4.79 Å². The van der Waals surface area contributed by atoms with Crippen molar-refractivity contribution in [3.05, 3.63) is 60.3 Å². The second kappa shape index (κ2) is 7.09. The van der Waals surface area contributed by atoms with Crippen molar-refractivity contribution >= 4 is 28.5 Å². The number of para-hydroxylation sites is 3. The van der Waals surface area contributed by atoms with E-state index >= 15 is 0 Å². The Morgan fingerprint density at radius 2 is 1.80 bits per heavy atom. The number of anilines is 1. The Labute approximate surface area is 144 Å². The van der Waals surface area contributed by atoms with Gasteiger partial charge in [0.2, 0.25) is 0 Å². The molecule has 2 aromatic carbocycles. The topological polar surface area (TPSA) is 80.4 Å². The monoisotopic (exact) mass is 338 g/mol. The Kier molecular flexibility index (Phi) is 4.70. The Hall–Kier alpha value is -3.28. The van der Waals surface area contributed by atoms with Gasteiger partial charge >= 0.3 is 5.97 Å². The fourth-order valence-electron chi connectivity index (χ4n) is 2.44. The van der Waals surface area contributed by atoms with E-state index in [2.05, 4.69) is 10.3 Å². The number of rotatable bonds is 5. The number of nitrogens with one attached hydrogen (secondary N) is 2. The van der Waals surface area contributed by atoms with Crippen LogP contribution in [0.5, 0.6) is 5.75 Å². The van der Waals surface area contributed by atoms with E-state index in [0.29, 0.717) is 17.1 Å². The molecule has 0 bridgehead atoms. The van der Waals surface area contributed by atoms with Gasteiger partial charge in [0.25, 0.3) is 5.91 Å². The predicted molar refractivity (Wildman–Crippen MR) is 94.8 cm³/mol. The first-order valence-electron chi connectivity index (χ1n) is 7.81. The molecule has 1 amide bonds. The molecular formula is C19H18N2O4. The van der Waals surface area contributed by atoms with E-state index in [0.717, 1.165) is 10.9 Å². The van der Waals surface area contributed by atoms with Gasteiger partial charge < -0.3 is 19.8 Å². The summed E-state index contributed by atoms with van der Waals surface area (Å²) in [5.41, 5.74) is 1.65. The Morgan fingerprint density at radius 1 is 1.08 bits per heavy atom. The first-order valence-corrected chi connectivity index (χ1v) is 7.81. The molecule has 6 heteroatoms. The van der Waals surface area contributed by atoms with Gasteiger partial charge in [-0.1, -0.05) is 30.3 Å². The first kappa shape index (κ1) is 16.6. The molecule has 0 unspecified atom stereocenters. The van der Waals surface area contributed by atoms with Crippen LogP contribution in [0, 0.1) is 0 Å². The van der Waals surface area contributed by atoms with Gasteiger partial charge in [0.05, 0.1) is 12.8 Å². The third-order valence-corrected chi connectivity index (χ3v) is 3.77. The number of amides is 1. The number of benzene rings is 2. The molecule has 3 rings (SSSR count). The van der Waals surface area contributed by atoms with E-state index in [1.807, 2.05) is 24.3 Å². The van der Waals surface area contributed by atoms with Crippen molar-refractivity contribution in [2.24, 2.45) is 0 Å². The molecule has 2 N–H and O–H groups in total. The van der Waals surface area contributed by atoms with Crippen LogP contribution < -0.4 is 10.1 Å². The minimum absolute atomic E-state index is 0.304. The maximum Gasteiger partial charge on any atom is 0.355 e. The molecule has 0 aliphatic rings. The average Bonchev–Trinajstić information content (AvgIpc) is 3.06. The molecule has 0 saturated carbocycles. The normalized spacial score (nSPS) is 11.8. The van der Waals surface area contributed by atoms with Crippen LogP contribution in [0.2, 0.25) is 0 Å². The second-order valence-electron chi connectivity index (χ2n) is 5.51. The number of carbonyl (C=O) groups excluding carboxylic acids is 2. The Balaban J connectivity index is 1.67. The van der Waals surface area contributed by atoms with Crippen molar-refractivity contribution < 1.29 is 19.1 Å². The number of esters is 1. The van der Waals surface area contributed by atoms with E-state index < -0.39 is 18.0 Å². The zero-order chi connectivity index (χ0) is 17.8. The van der Waals surface area contributed by atoms with Crippen molar-refractivity contribution in [2.45, 2.75) is 13.0 Å². The molecular weight excluding hydrogens is 320 g/mol. The van der Waals surface area contributed by atoms with Gasteiger partial charge in [-0.2, -0.15) is 0 Å². The lowest BCUT2D eigenvalue weighted by Gasteiger charge is -2.14. The number of aromatic nitrogens is 1. The minimum Gasteiger partial charge on any atom is -0.495 e. The number of aromatic amines is 1. The summed E-state index contributed by atoms with van der Waals surface area (Å²) in [6.45, 7) is 1.52. The molecule has 128 valence electrons. The van der Waals surface area contributed by atoms with Gasteiger partial charge in [-0.05, 0) is 31.2 Å². The molecule has 6 nitrogen and oxygen atoms in total. The summed E-state index contributed by atoms with van der Waals surface area (Å²) in [5.74, 6) is -0.488. The summed E-state index contributed by atoms with van der Waals surface area (Å²) < 4.78 is 10.4. The van der Waals surface area contributed by atoms with Crippen LogP contribution in [0.15, 0.2) is 54.6 Å². The lowest BCUT2D eigenvalue weighted by molar-refractivity contribution is -0.123. The lowest BCUT2D eigenvalue weighted by atomic mass is 10.2. The van der Waals surface area contributed by atoms with E-state index in [1.54, 1.807) is 30.3 Å². The molecule has 0 fully saturated rings.